The highest BCUT2D eigenvalue weighted by atomic mass is 16.5. The van der Waals surface area contributed by atoms with Crippen LogP contribution in [0.1, 0.15) is 42.0 Å². The number of methoxy groups -OCH3 is 1. The van der Waals surface area contributed by atoms with Crippen molar-refractivity contribution in [2.45, 2.75) is 32.1 Å². The maximum Gasteiger partial charge on any atom is 0.275 e. The minimum absolute atomic E-state index is 0.0438. The number of piperidine rings is 1. The van der Waals surface area contributed by atoms with E-state index >= 15 is 0 Å². The molecule has 0 aromatic carbocycles. The summed E-state index contributed by atoms with van der Waals surface area (Å²) in [5.74, 6) is 0.780. The fourth-order valence-corrected chi connectivity index (χ4v) is 3.83. The van der Waals surface area contributed by atoms with Gasteiger partial charge in [0, 0.05) is 44.1 Å². The molecule has 4 heterocycles. The van der Waals surface area contributed by atoms with E-state index in [0.29, 0.717) is 68.1 Å². The molecule has 1 amide bonds. The van der Waals surface area contributed by atoms with Gasteiger partial charge < -0.3 is 14.6 Å². The van der Waals surface area contributed by atoms with Crippen LogP contribution in [-0.4, -0.2) is 61.6 Å². The van der Waals surface area contributed by atoms with Crippen LogP contribution in [-0.2, 0) is 11.2 Å². The Balaban J connectivity index is 1.25. The number of carbonyl (C=O) groups is 2. The normalized spacial score (nSPS) is 14.7. The van der Waals surface area contributed by atoms with Crippen molar-refractivity contribution in [1.29, 1.82) is 0 Å². The van der Waals surface area contributed by atoms with E-state index in [1.54, 1.807) is 39.9 Å². The van der Waals surface area contributed by atoms with Crippen molar-refractivity contribution in [2.24, 2.45) is 5.92 Å². The molecule has 1 N–H and O–H groups in total. The molecule has 1 fully saturated rings. The topological polar surface area (TPSA) is 123 Å². The number of ketones is 1. The molecule has 0 unspecified atom stereocenters. The number of Topliss-reactive ketones (excluding diaryl/α,β-unsaturated/α-hetero) is 1. The average molecular weight is 424 g/mol. The van der Waals surface area contributed by atoms with Crippen molar-refractivity contribution >= 4 is 17.2 Å². The Labute approximate surface area is 178 Å². The van der Waals surface area contributed by atoms with Gasteiger partial charge in [0.15, 0.2) is 5.78 Å². The number of amides is 1. The molecular formula is C21H24N6O4. The molecule has 1 aliphatic rings. The van der Waals surface area contributed by atoms with Crippen molar-refractivity contribution in [2.75, 3.05) is 20.2 Å². The first-order valence-corrected chi connectivity index (χ1v) is 10.3. The van der Waals surface area contributed by atoms with Gasteiger partial charge in [-0.05, 0) is 37.5 Å². The summed E-state index contributed by atoms with van der Waals surface area (Å²) in [4.78, 5) is 41.7. The highest BCUT2D eigenvalue weighted by Crippen LogP contribution is 2.22. The third-order valence-corrected chi connectivity index (χ3v) is 5.57. The van der Waals surface area contributed by atoms with Crippen molar-refractivity contribution < 1.29 is 14.3 Å². The van der Waals surface area contributed by atoms with Crippen molar-refractivity contribution in [3.63, 3.8) is 0 Å². The number of fused-ring (bicyclic) bond motifs is 1. The first kappa shape index (κ1) is 20.7. The predicted octanol–water partition coefficient (Wildman–Crippen LogP) is 1.27. The number of hydrogen-bond donors (Lipinski definition) is 1. The van der Waals surface area contributed by atoms with Crippen LogP contribution in [0.15, 0.2) is 35.3 Å². The van der Waals surface area contributed by atoms with Crippen LogP contribution in [0.5, 0.6) is 5.88 Å². The fourth-order valence-electron chi connectivity index (χ4n) is 3.83. The Hall–Kier alpha value is -3.56. The van der Waals surface area contributed by atoms with Crippen LogP contribution in [0.2, 0.25) is 0 Å². The molecule has 1 aliphatic heterocycles. The molecule has 0 radical (unpaired) electrons. The zero-order chi connectivity index (χ0) is 21.8. The predicted molar refractivity (Wildman–Crippen MR) is 111 cm³/mol. The molecule has 3 aromatic rings. The molecule has 10 nitrogen and oxygen atoms in total. The number of nitrogens with zero attached hydrogens (tertiary/aromatic N) is 5. The molecule has 10 heteroatoms. The number of aromatic amines is 1. The van der Waals surface area contributed by atoms with E-state index in [9.17, 15) is 14.4 Å². The van der Waals surface area contributed by atoms with Crippen LogP contribution < -0.4 is 10.3 Å². The first-order chi connectivity index (χ1) is 15.0. The van der Waals surface area contributed by atoms with Gasteiger partial charge in [0.05, 0.1) is 7.11 Å². The quantitative estimate of drug-likeness (QED) is 0.567. The summed E-state index contributed by atoms with van der Waals surface area (Å²) in [5, 5.41) is 12.1. The second-order valence-electron chi connectivity index (χ2n) is 7.57. The van der Waals surface area contributed by atoms with Gasteiger partial charge in [0.2, 0.25) is 11.8 Å². The molecule has 4 rings (SSSR count). The zero-order valence-corrected chi connectivity index (χ0v) is 17.3. The lowest BCUT2D eigenvalue weighted by atomic mass is 9.90. The Morgan fingerprint density at radius 1 is 1.19 bits per heavy atom. The standard InChI is InChI=1S/C21H24N6O4/c1-31-18-8-7-15(23-24-18)20(29)14-9-12-26(13-10-14)19(28)6-2-5-17-22-21(30)16-4-3-11-27(16)25-17/h3-4,7-8,11,14H,2,5-6,9-10,12-13H2,1H3,(H,22,25,30). The number of ether oxygens (including phenoxy) is 1. The molecule has 0 aliphatic carbocycles. The molecule has 0 spiro atoms. The van der Waals surface area contributed by atoms with Crippen molar-refractivity contribution in [3.05, 3.63) is 52.3 Å². The molecule has 162 valence electrons. The van der Waals surface area contributed by atoms with Crippen LogP contribution in [0.25, 0.3) is 5.52 Å². The van der Waals surface area contributed by atoms with E-state index in [1.807, 2.05) is 0 Å². The van der Waals surface area contributed by atoms with Gasteiger partial charge in [0.1, 0.15) is 17.0 Å². The molecule has 0 bridgehead atoms. The number of likely N-dealkylation sites (tertiary alicyclic amines) is 1. The fraction of sp³-hybridized carbons (Fsp3) is 0.429. The monoisotopic (exact) mass is 424 g/mol. The van der Waals surface area contributed by atoms with Crippen molar-refractivity contribution in [1.82, 2.24) is 29.7 Å². The first-order valence-electron chi connectivity index (χ1n) is 10.3. The Bertz CT molecular complexity index is 1130. The van der Waals surface area contributed by atoms with Crippen LogP contribution in [0, 0.1) is 5.92 Å². The highest BCUT2D eigenvalue weighted by molar-refractivity contribution is 5.96. The van der Waals surface area contributed by atoms with E-state index < -0.39 is 0 Å². The van der Waals surface area contributed by atoms with E-state index in [1.165, 1.54) is 7.11 Å². The Morgan fingerprint density at radius 3 is 2.71 bits per heavy atom. The molecule has 0 atom stereocenters. The third-order valence-electron chi connectivity index (χ3n) is 5.57. The summed E-state index contributed by atoms with van der Waals surface area (Å²) in [6, 6.07) is 6.71. The van der Waals surface area contributed by atoms with E-state index in [0.717, 1.165) is 0 Å². The summed E-state index contributed by atoms with van der Waals surface area (Å²) >= 11 is 0. The van der Waals surface area contributed by atoms with Crippen LogP contribution in [0.4, 0.5) is 0 Å². The van der Waals surface area contributed by atoms with Gasteiger partial charge in [-0.1, -0.05) is 0 Å². The minimum atomic E-state index is -0.186. The van der Waals surface area contributed by atoms with Crippen LogP contribution in [0.3, 0.4) is 0 Å². The van der Waals surface area contributed by atoms with Gasteiger partial charge in [-0.2, -0.15) is 5.10 Å². The van der Waals surface area contributed by atoms with Gasteiger partial charge >= 0.3 is 0 Å². The number of carbonyl (C=O) groups excluding carboxylic acids is 2. The SMILES string of the molecule is COc1ccc(C(=O)C2CCN(C(=O)CCCc3nn4cccc4c(=O)[nH]3)CC2)nn1. The summed E-state index contributed by atoms with van der Waals surface area (Å²) in [6.45, 7) is 1.09. The number of aryl methyl sites for hydroxylation is 1. The lowest BCUT2D eigenvalue weighted by molar-refractivity contribution is -0.132. The maximum absolute atomic E-state index is 12.6. The molecule has 0 saturated carbocycles. The summed E-state index contributed by atoms with van der Waals surface area (Å²) in [7, 11) is 1.49. The number of aromatic nitrogens is 5. The summed E-state index contributed by atoms with van der Waals surface area (Å²) in [6.07, 6.45) is 4.42. The van der Waals surface area contributed by atoms with Gasteiger partial charge in [0.25, 0.3) is 5.56 Å². The molecule has 3 aromatic heterocycles. The third kappa shape index (κ3) is 4.62. The number of nitrogens with one attached hydrogen (secondary N) is 1. The summed E-state index contributed by atoms with van der Waals surface area (Å²) < 4.78 is 6.51. The number of H-pyrrole nitrogens is 1. The van der Waals surface area contributed by atoms with Gasteiger partial charge in [-0.25, -0.2) is 4.52 Å². The van der Waals surface area contributed by atoms with E-state index in [-0.39, 0.29) is 23.2 Å². The van der Waals surface area contributed by atoms with E-state index in [2.05, 4.69) is 20.3 Å². The largest absolute Gasteiger partial charge is 0.480 e. The lowest BCUT2D eigenvalue weighted by Gasteiger charge is -2.31. The van der Waals surface area contributed by atoms with Gasteiger partial charge in [-0.15, -0.1) is 10.2 Å². The van der Waals surface area contributed by atoms with Gasteiger partial charge in [-0.3, -0.25) is 14.4 Å². The average Bonchev–Trinajstić information content (AvgIpc) is 3.28. The Kier molecular flexibility index (Phi) is 6.06. The maximum atomic E-state index is 12.6. The highest BCUT2D eigenvalue weighted by Gasteiger charge is 2.28. The lowest BCUT2D eigenvalue weighted by Crippen LogP contribution is -2.40. The smallest absolute Gasteiger partial charge is 0.275 e. The minimum Gasteiger partial charge on any atom is -0.480 e. The molecule has 31 heavy (non-hydrogen) atoms. The summed E-state index contributed by atoms with van der Waals surface area (Å²) in [5.41, 5.74) is 0.638. The molecular weight excluding hydrogens is 400 g/mol. The number of hydrogen-bond acceptors (Lipinski definition) is 7. The second-order valence-corrected chi connectivity index (χ2v) is 7.57. The van der Waals surface area contributed by atoms with Crippen LogP contribution >= 0.6 is 0 Å². The van der Waals surface area contributed by atoms with Crippen molar-refractivity contribution in [3.8, 4) is 5.88 Å². The Morgan fingerprint density at radius 2 is 2.00 bits per heavy atom. The second kappa shape index (κ2) is 9.07. The van der Waals surface area contributed by atoms with E-state index in [4.69, 9.17) is 4.74 Å². The number of rotatable bonds is 7. The molecule has 1 saturated heterocycles. The zero-order valence-electron chi connectivity index (χ0n) is 17.3.